The van der Waals surface area contributed by atoms with Crippen molar-refractivity contribution in [2.24, 2.45) is 11.7 Å². The van der Waals surface area contributed by atoms with E-state index in [2.05, 4.69) is 15.9 Å². The first-order valence-electron chi connectivity index (χ1n) is 4.53. The fraction of sp³-hybridized carbons (Fsp3) is 0.400. The van der Waals surface area contributed by atoms with E-state index < -0.39 is 0 Å². The number of phenolic OH excluding ortho intramolecular Hbond substituents is 1. The molecule has 1 fully saturated rings. The van der Waals surface area contributed by atoms with Crippen LogP contribution in [0.15, 0.2) is 16.6 Å². The second-order valence-electron chi connectivity index (χ2n) is 3.66. The Morgan fingerprint density at radius 1 is 1.47 bits per heavy atom. The average Bonchev–Trinajstić information content (AvgIpc) is 2.97. The summed E-state index contributed by atoms with van der Waals surface area (Å²) in [4.78, 5) is 0. The Kier molecular flexibility index (Phi) is 4.29. The van der Waals surface area contributed by atoms with E-state index in [1.54, 1.807) is 12.1 Å². The Hall–Kier alpha value is 0.0400. The molecule has 0 aromatic heterocycles. The topological polar surface area (TPSA) is 46.2 Å². The summed E-state index contributed by atoms with van der Waals surface area (Å²) in [6.45, 7) is 0. The summed E-state index contributed by atoms with van der Waals surface area (Å²) >= 11 is 9.07. The van der Waals surface area contributed by atoms with E-state index in [1.165, 1.54) is 0 Å². The van der Waals surface area contributed by atoms with Crippen molar-refractivity contribution < 1.29 is 5.11 Å². The maximum absolute atomic E-state index is 9.81. The van der Waals surface area contributed by atoms with Crippen molar-refractivity contribution in [2.45, 2.75) is 18.9 Å². The molecule has 1 aromatic carbocycles. The number of aromatic hydroxyl groups is 1. The number of phenols is 1. The Morgan fingerprint density at radius 2 is 2.07 bits per heavy atom. The van der Waals surface area contributed by atoms with Crippen LogP contribution in [0.1, 0.15) is 24.4 Å². The number of halogens is 3. The van der Waals surface area contributed by atoms with Crippen LogP contribution in [0.4, 0.5) is 0 Å². The summed E-state index contributed by atoms with van der Waals surface area (Å²) in [6.07, 6.45) is 2.31. The number of hydrogen-bond acceptors (Lipinski definition) is 2. The van der Waals surface area contributed by atoms with E-state index in [0.717, 1.165) is 18.4 Å². The lowest BCUT2D eigenvalue weighted by Crippen LogP contribution is -2.12. The molecule has 0 radical (unpaired) electrons. The fourth-order valence-electron chi connectivity index (χ4n) is 1.53. The number of rotatable bonds is 2. The SMILES string of the molecule is Cl.N[C@@H](c1ccc(Cl)c(Br)c1O)C1CC1. The van der Waals surface area contributed by atoms with Gasteiger partial charge in [-0.3, -0.25) is 0 Å². The molecule has 5 heteroatoms. The first kappa shape index (κ1) is 13.1. The molecule has 0 aliphatic heterocycles. The predicted molar refractivity (Wildman–Crippen MR) is 67.7 cm³/mol. The van der Waals surface area contributed by atoms with Crippen LogP contribution in [0.2, 0.25) is 5.02 Å². The fourth-order valence-corrected chi connectivity index (χ4v) is 2.05. The predicted octanol–water partition coefficient (Wildman–Crippen LogP) is 3.64. The Bertz CT molecular complexity index is 369. The summed E-state index contributed by atoms with van der Waals surface area (Å²) in [7, 11) is 0. The van der Waals surface area contributed by atoms with Gasteiger partial charge in [0.1, 0.15) is 5.75 Å². The monoisotopic (exact) mass is 311 g/mol. The van der Waals surface area contributed by atoms with Crippen molar-refractivity contribution in [3.8, 4) is 5.75 Å². The highest BCUT2D eigenvalue weighted by Gasteiger charge is 2.31. The lowest BCUT2D eigenvalue weighted by Gasteiger charge is -2.14. The van der Waals surface area contributed by atoms with Crippen molar-refractivity contribution in [1.82, 2.24) is 0 Å². The first-order valence-corrected chi connectivity index (χ1v) is 5.71. The van der Waals surface area contributed by atoms with Gasteiger partial charge in [0.15, 0.2) is 0 Å². The maximum Gasteiger partial charge on any atom is 0.136 e. The van der Waals surface area contributed by atoms with Gasteiger partial charge in [0.05, 0.1) is 9.50 Å². The molecule has 1 saturated carbocycles. The molecule has 1 aliphatic carbocycles. The molecule has 84 valence electrons. The van der Waals surface area contributed by atoms with Crippen LogP contribution in [-0.2, 0) is 0 Å². The van der Waals surface area contributed by atoms with Gasteiger partial charge < -0.3 is 10.8 Å². The summed E-state index contributed by atoms with van der Waals surface area (Å²) in [5, 5.41) is 10.3. The van der Waals surface area contributed by atoms with Crippen LogP contribution < -0.4 is 5.73 Å². The number of nitrogens with two attached hydrogens (primary N) is 1. The van der Waals surface area contributed by atoms with E-state index in [4.69, 9.17) is 17.3 Å². The molecule has 2 nitrogen and oxygen atoms in total. The molecule has 15 heavy (non-hydrogen) atoms. The maximum atomic E-state index is 9.81. The van der Waals surface area contributed by atoms with Crippen molar-refractivity contribution in [3.05, 3.63) is 27.2 Å². The minimum atomic E-state index is -0.0661. The quantitative estimate of drug-likeness (QED) is 0.875. The number of benzene rings is 1. The van der Waals surface area contributed by atoms with Crippen LogP contribution in [-0.4, -0.2) is 5.11 Å². The summed E-state index contributed by atoms with van der Waals surface area (Å²) < 4.78 is 0.535. The van der Waals surface area contributed by atoms with Crippen molar-refractivity contribution >= 4 is 39.9 Å². The molecule has 3 N–H and O–H groups in total. The van der Waals surface area contributed by atoms with Crippen LogP contribution in [0.3, 0.4) is 0 Å². The molecule has 0 amide bonds. The summed E-state index contributed by atoms with van der Waals surface area (Å²) in [5.41, 5.74) is 6.78. The van der Waals surface area contributed by atoms with Crippen LogP contribution >= 0.6 is 39.9 Å². The smallest absolute Gasteiger partial charge is 0.136 e. The van der Waals surface area contributed by atoms with Gasteiger partial charge in [-0.15, -0.1) is 12.4 Å². The molecule has 1 atom stereocenters. The van der Waals surface area contributed by atoms with Crippen LogP contribution in [0, 0.1) is 5.92 Å². The van der Waals surface area contributed by atoms with Gasteiger partial charge in [-0.05, 0) is 40.8 Å². The van der Waals surface area contributed by atoms with Crippen LogP contribution in [0.5, 0.6) is 5.75 Å². The minimum Gasteiger partial charge on any atom is -0.506 e. The van der Waals surface area contributed by atoms with E-state index in [9.17, 15) is 5.11 Å². The van der Waals surface area contributed by atoms with Crippen molar-refractivity contribution in [3.63, 3.8) is 0 Å². The molecule has 0 bridgehead atoms. The second-order valence-corrected chi connectivity index (χ2v) is 4.86. The summed E-state index contributed by atoms with van der Waals surface area (Å²) in [5.74, 6) is 0.700. The molecular formula is C10H12BrCl2NO. The van der Waals surface area contributed by atoms with Gasteiger partial charge in [-0.25, -0.2) is 0 Å². The molecule has 1 aromatic rings. The van der Waals surface area contributed by atoms with Gasteiger partial charge in [0, 0.05) is 11.6 Å². The Morgan fingerprint density at radius 3 is 2.60 bits per heavy atom. The Labute approximate surface area is 108 Å². The highest BCUT2D eigenvalue weighted by molar-refractivity contribution is 9.10. The standard InChI is InChI=1S/C10H11BrClNO.ClH/c11-8-7(12)4-3-6(10(8)14)9(13)5-1-2-5;/h3-5,9,14H,1-2,13H2;1H/t9-;/m1./s1. The van der Waals surface area contributed by atoms with Gasteiger partial charge in [-0.1, -0.05) is 17.7 Å². The van der Waals surface area contributed by atoms with E-state index in [1.807, 2.05) is 0 Å². The highest BCUT2D eigenvalue weighted by atomic mass is 79.9. The second kappa shape index (κ2) is 4.91. The van der Waals surface area contributed by atoms with Gasteiger partial charge >= 0.3 is 0 Å². The van der Waals surface area contributed by atoms with Gasteiger partial charge in [-0.2, -0.15) is 0 Å². The molecule has 0 heterocycles. The minimum absolute atomic E-state index is 0. The van der Waals surface area contributed by atoms with Crippen LogP contribution in [0.25, 0.3) is 0 Å². The molecule has 0 saturated heterocycles. The van der Waals surface area contributed by atoms with E-state index >= 15 is 0 Å². The molecule has 0 spiro atoms. The lowest BCUT2D eigenvalue weighted by atomic mass is 10.0. The summed E-state index contributed by atoms with van der Waals surface area (Å²) in [6, 6.07) is 3.48. The molecule has 0 unspecified atom stereocenters. The number of hydrogen-bond donors (Lipinski definition) is 2. The third kappa shape index (κ3) is 2.59. The van der Waals surface area contributed by atoms with E-state index in [0.29, 0.717) is 15.4 Å². The third-order valence-corrected chi connectivity index (χ3v) is 3.94. The Balaban J connectivity index is 0.00000112. The zero-order valence-electron chi connectivity index (χ0n) is 7.91. The van der Waals surface area contributed by atoms with Gasteiger partial charge in [0.25, 0.3) is 0 Å². The third-order valence-electron chi connectivity index (χ3n) is 2.59. The van der Waals surface area contributed by atoms with E-state index in [-0.39, 0.29) is 24.2 Å². The normalized spacial score (nSPS) is 17.0. The highest BCUT2D eigenvalue weighted by Crippen LogP contribution is 2.44. The lowest BCUT2D eigenvalue weighted by molar-refractivity contribution is 0.453. The molecule has 1 aliphatic rings. The van der Waals surface area contributed by atoms with Gasteiger partial charge in [0.2, 0.25) is 0 Å². The van der Waals surface area contributed by atoms with Crippen molar-refractivity contribution in [2.75, 3.05) is 0 Å². The van der Waals surface area contributed by atoms with Crippen molar-refractivity contribution in [1.29, 1.82) is 0 Å². The molecule has 2 rings (SSSR count). The largest absolute Gasteiger partial charge is 0.506 e. The zero-order chi connectivity index (χ0) is 10.3. The zero-order valence-corrected chi connectivity index (χ0v) is 11.1. The first-order chi connectivity index (χ1) is 6.61. The average molecular weight is 313 g/mol. The molecular weight excluding hydrogens is 301 g/mol.